The smallest absolute Gasteiger partial charge is 0.350 e. The van der Waals surface area contributed by atoms with Crippen LogP contribution in [0.3, 0.4) is 0 Å². The second kappa shape index (κ2) is 20.2. The Morgan fingerprint density at radius 3 is 2.74 bits per heavy atom. The van der Waals surface area contributed by atoms with E-state index >= 15 is 14.4 Å². The second-order valence-electron chi connectivity index (χ2n) is 21.2. The van der Waals surface area contributed by atoms with Gasteiger partial charge in [-0.2, -0.15) is 0 Å². The first-order chi connectivity index (χ1) is 33.4. The third-order valence-corrected chi connectivity index (χ3v) is 16.2. The lowest BCUT2D eigenvalue weighted by atomic mass is 9.67. The number of nitrogens with zero attached hydrogens (tertiary/aromatic N) is 1. The Bertz CT molecular complexity index is 2430. The molecule has 2 fully saturated rings. The number of carbonyl (C=O) groups is 3. The molecule has 14 nitrogen and oxygen atoms in total. The van der Waals surface area contributed by atoms with Crippen molar-refractivity contribution in [2.24, 2.45) is 33.9 Å². The van der Waals surface area contributed by atoms with Gasteiger partial charge < -0.3 is 52.4 Å². The molecule has 0 aromatic heterocycles. The number of hydrogen-bond donors (Lipinski definition) is 8. The summed E-state index contributed by atoms with van der Waals surface area (Å²) in [6.07, 6.45) is 28.8. The molecule has 9 N–H and O–H groups in total. The fraction of sp³-hybridized carbons (Fsp3) is 0.564. The van der Waals surface area contributed by atoms with Gasteiger partial charge in [-0.05, 0) is 130 Å². The number of likely N-dealkylation sites (N-methyl/N-ethyl adjacent to an activating group) is 1. The van der Waals surface area contributed by atoms with Crippen molar-refractivity contribution in [1.82, 2.24) is 37.2 Å². The largest absolute Gasteiger partial charge is 0.463 e. The maximum Gasteiger partial charge on any atom is 0.350 e. The highest BCUT2D eigenvalue weighted by molar-refractivity contribution is 6.33. The average Bonchev–Trinajstić information content (AvgIpc) is 4.10. The molecule has 370 valence electrons. The van der Waals surface area contributed by atoms with Gasteiger partial charge in [-0.1, -0.05) is 86.9 Å². The number of benzene rings is 1. The SMILES string of the molecule is CCN[C@@H]1C=C2C=CC[C@@H]3CCCC[C@](C)(CC4=CNC(N)C=C4)Cc4cccc5c4C(=O)[C@]4(O[C@@]4(C/C=C(\C)C[C@]4(C6=CCNC(NCNC)=C6)CCCNC(=NC)N4)C5=O)C(=O)OC[C@@H]1C[C@H]23. The summed E-state index contributed by atoms with van der Waals surface area (Å²) in [4.78, 5) is 50.7. The number of esters is 1. The number of dihydropyridines is 2. The monoisotopic (exact) mass is 942 g/mol. The number of epoxide rings is 1. The standard InChI is InChI=1S/C55H75N9O5/c1-6-59-44-27-38-14-9-13-37-12-7-8-21-52(3,30-36-17-18-45(56)62-32-36)31-39-15-10-16-42-47(39)49(66)55(50(67)68-33-40(44)26-43(37)38)54(69-55,48(42)65)23-19-35(2)29-53(22-11-24-61-51(58-5)64-53)41-20-25-60-46(28-41)63-34-57-4/h9-10,14-20,27-28,32,37,40,43-45,57,59-60,62-63H,6-8,11-13,21-26,29-31,33-34,56H2,1-5H3,(H2,58,61,64)/b35-19+/t37-,40-,43-,44+,45?,52+,53-,54-,55-/m0/s1. The number of hydrogen-bond acceptors (Lipinski definition) is 12. The fourth-order valence-corrected chi connectivity index (χ4v) is 12.7. The van der Waals surface area contributed by atoms with E-state index in [1.54, 1.807) is 13.1 Å². The van der Waals surface area contributed by atoms with Crippen molar-refractivity contribution in [3.8, 4) is 0 Å². The molecule has 8 aliphatic rings. The Labute approximate surface area is 408 Å². The van der Waals surface area contributed by atoms with Crippen LogP contribution in [-0.2, 0) is 20.7 Å². The van der Waals surface area contributed by atoms with Crippen LogP contribution in [0, 0.1) is 23.2 Å². The first-order valence-electron chi connectivity index (χ1n) is 25.6. The van der Waals surface area contributed by atoms with E-state index < -0.39 is 28.5 Å². The summed E-state index contributed by atoms with van der Waals surface area (Å²) in [6, 6.07) is 5.59. The van der Waals surface area contributed by atoms with Crippen molar-refractivity contribution in [2.45, 2.75) is 127 Å². The summed E-state index contributed by atoms with van der Waals surface area (Å²) in [6.45, 7) is 9.36. The van der Waals surface area contributed by atoms with Gasteiger partial charge in [0, 0.05) is 55.8 Å². The lowest BCUT2D eigenvalue weighted by Gasteiger charge is -2.40. The van der Waals surface area contributed by atoms with Gasteiger partial charge in [0.05, 0.1) is 25.0 Å². The zero-order valence-corrected chi connectivity index (χ0v) is 41.4. The molecule has 9 rings (SSSR count). The molecule has 1 unspecified atom stereocenters. The molecule has 3 aliphatic carbocycles. The minimum atomic E-state index is -2.11. The molecule has 0 amide bonds. The summed E-state index contributed by atoms with van der Waals surface area (Å²) in [5.74, 6) is 0.870. The van der Waals surface area contributed by atoms with Crippen LogP contribution >= 0.6 is 0 Å². The number of carbonyl (C=O) groups excluding carboxylic acids is 3. The Hall–Kier alpha value is -5.28. The number of guanidine groups is 1. The Balaban J connectivity index is 1.09. The molecule has 4 bridgehead atoms. The molecule has 14 heteroatoms. The number of allylic oxidation sites excluding steroid dienone is 5. The van der Waals surface area contributed by atoms with Gasteiger partial charge in [-0.3, -0.25) is 14.6 Å². The van der Waals surface area contributed by atoms with Crippen LogP contribution in [0.15, 0.2) is 106 Å². The van der Waals surface area contributed by atoms with Gasteiger partial charge >= 0.3 is 5.97 Å². The van der Waals surface area contributed by atoms with Crippen molar-refractivity contribution >= 4 is 23.5 Å². The molecule has 5 heterocycles. The minimum absolute atomic E-state index is 0.00475. The van der Waals surface area contributed by atoms with Gasteiger partial charge in [0.15, 0.2) is 17.3 Å². The van der Waals surface area contributed by atoms with E-state index in [1.807, 2.05) is 37.5 Å². The maximum atomic E-state index is 15.6. The highest BCUT2D eigenvalue weighted by atomic mass is 16.7. The molecule has 2 saturated heterocycles. The predicted molar refractivity (Wildman–Crippen MR) is 271 cm³/mol. The maximum absolute atomic E-state index is 15.6. The summed E-state index contributed by atoms with van der Waals surface area (Å²) < 4.78 is 13.0. The number of cyclic esters (lactones) is 1. The number of rotatable bonds is 12. The summed E-state index contributed by atoms with van der Waals surface area (Å²) in [5.41, 5.74) is 7.44. The molecular formula is C55H75N9O5. The van der Waals surface area contributed by atoms with Crippen LogP contribution in [0.2, 0.25) is 0 Å². The molecule has 1 aromatic rings. The number of ketones is 2. The highest BCUT2D eigenvalue weighted by Crippen LogP contribution is 2.59. The van der Waals surface area contributed by atoms with Gasteiger partial charge in [0.1, 0.15) is 5.82 Å². The lowest BCUT2D eigenvalue weighted by Crippen LogP contribution is -2.53. The quantitative estimate of drug-likeness (QED) is 0.0423. The third-order valence-electron chi connectivity index (χ3n) is 16.2. The van der Waals surface area contributed by atoms with Crippen LogP contribution < -0.4 is 43.0 Å². The van der Waals surface area contributed by atoms with Crippen molar-refractivity contribution in [2.75, 3.05) is 47.0 Å². The molecular weight excluding hydrogens is 867 g/mol. The van der Waals surface area contributed by atoms with Crippen LogP contribution in [0.4, 0.5) is 0 Å². The van der Waals surface area contributed by atoms with E-state index in [4.69, 9.17) is 15.2 Å². The van der Waals surface area contributed by atoms with Crippen molar-refractivity contribution in [3.05, 3.63) is 118 Å². The average molecular weight is 942 g/mol. The topological polar surface area (TPSA) is 196 Å². The molecule has 5 aliphatic heterocycles. The number of nitrogens with one attached hydrogen (secondary N) is 7. The van der Waals surface area contributed by atoms with Gasteiger partial charge in [-0.15, -0.1) is 0 Å². The molecule has 69 heavy (non-hydrogen) atoms. The normalized spacial score (nSPS) is 35.0. The number of aliphatic imine (C=N–C) groups is 1. The van der Waals surface area contributed by atoms with Crippen LogP contribution in [0.1, 0.15) is 118 Å². The zero-order valence-electron chi connectivity index (χ0n) is 41.4. The van der Waals surface area contributed by atoms with Crippen LogP contribution in [0.5, 0.6) is 0 Å². The molecule has 0 saturated carbocycles. The van der Waals surface area contributed by atoms with Crippen LogP contribution in [0.25, 0.3) is 0 Å². The van der Waals surface area contributed by atoms with Crippen molar-refractivity contribution in [3.63, 3.8) is 0 Å². The number of fused-ring (bicyclic) bond motifs is 1. The molecule has 9 atom stereocenters. The third kappa shape index (κ3) is 9.54. The summed E-state index contributed by atoms with van der Waals surface area (Å²) in [7, 11) is 3.68. The summed E-state index contributed by atoms with van der Waals surface area (Å²) in [5, 5.41) is 24.2. The minimum Gasteiger partial charge on any atom is -0.463 e. The van der Waals surface area contributed by atoms with Gasteiger partial charge in [-0.25, -0.2) is 4.79 Å². The molecule has 1 aromatic carbocycles. The number of ether oxygens (including phenoxy) is 2. The Morgan fingerprint density at radius 1 is 1.07 bits per heavy atom. The number of nitrogens with two attached hydrogens (primary N) is 1. The van der Waals surface area contributed by atoms with E-state index in [0.717, 1.165) is 99.0 Å². The first-order valence-corrected chi connectivity index (χ1v) is 25.6. The lowest BCUT2D eigenvalue weighted by molar-refractivity contribution is -0.150. The number of Topliss-reactive ketones (excluding diaryl/α,β-unsaturated/α-hetero) is 2. The van der Waals surface area contributed by atoms with E-state index in [0.29, 0.717) is 49.4 Å². The van der Waals surface area contributed by atoms with Crippen molar-refractivity contribution in [1.29, 1.82) is 0 Å². The van der Waals surface area contributed by atoms with E-state index in [1.165, 1.54) is 5.57 Å². The highest BCUT2D eigenvalue weighted by Gasteiger charge is 2.85. The zero-order chi connectivity index (χ0) is 48.4. The molecule has 0 radical (unpaired) electrons. The second-order valence-corrected chi connectivity index (χ2v) is 21.2. The van der Waals surface area contributed by atoms with Gasteiger partial charge in [0.25, 0.3) is 5.60 Å². The molecule has 1 spiro atoms. The fourth-order valence-electron chi connectivity index (χ4n) is 12.7. The van der Waals surface area contributed by atoms with Crippen molar-refractivity contribution < 1.29 is 23.9 Å². The predicted octanol–water partition coefficient (Wildman–Crippen LogP) is 5.64. The Kier molecular flexibility index (Phi) is 14.3. The van der Waals surface area contributed by atoms with E-state index in [9.17, 15) is 0 Å². The van der Waals surface area contributed by atoms with Gasteiger partial charge in [0.2, 0.25) is 5.78 Å². The van der Waals surface area contributed by atoms with Crippen LogP contribution in [-0.4, -0.2) is 99.4 Å². The first kappa shape index (κ1) is 48.7. The van der Waals surface area contributed by atoms with E-state index in [2.05, 4.69) is 99.4 Å². The Morgan fingerprint density at radius 2 is 1.94 bits per heavy atom. The van der Waals surface area contributed by atoms with E-state index in [-0.39, 0.29) is 47.9 Å². The summed E-state index contributed by atoms with van der Waals surface area (Å²) >= 11 is 0.